The second-order valence-corrected chi connectivity index (χ2v) is 7.47. The average molecular weight is 421 g/mol. The van der Waals surface area contributed by atoms with Gasteiger partial charge in [-0.05, 0) is 41.3 Å². The maximum absolute atomic E-state index is 10.4. The molecule has 154 valence electrons. The molecular weight excluding hydrogens is 400 g/mol. The molecule has 0 saturated carbocycles. The lowest BCUT2D eigenvalue weighted by Crippen LogP contribution is -2.55. The number of halogens is 1. The van der Waals surface area contributed by atoms with E-state index >= 15 is 0 Å². The summed E-state index contributed by atoms with van der Waals surface area (Å²) in [5.41, 5.74) is 2.31. The van der Waals surface area contributed by atoms with Gasteiger partial charge in [0.1, 0.15) is 43.0 Å². The van der Waals surface area contributed by atoms with E-state index in [4.69, 9.17) is 25.8 Å². The fraction of sp³-hybridized carbons (Fsp3) is 0.333. The summed E-state index contributed by atoms with van der Waals surface area (Å²) < 4.78 is 16.4. The van der Waals surface area contributed by atoms with E-state index in [1.54, 1.807) is 18.2 Å². The van der Waals surface area contributed by atoms with Crippen LogP contribution in [0.1, 0.15) is 22.8 Å². The Balaban J connectivity index is 1.60. The SMILES string of the molecule is OC[C@H]1O[C@@H](c2ccc(Cl)c(Cc3ccc4c(c3)OC=CO4)c2)[C@H](O)[C@@H](O)[C@@H]1O. The van der Waals surface area contributed by atoms with Crippen molar-refractivity contribution in [2.75, 3.05) is 6.61 Å². The molecule has 5 atom stereocenters. The quantitative estimate of drug-likeness (QED) is 0.596. The van der Waals surface area contributed by atoms with Gasteiger partial charge in [0.2, 0.25) is 0 Å². The Morgan fingerprint density at radius 3 is 2.38 bits per heavy atom. The number of aliphatic hydroxyl groups is 4. The minimum absolute atomic E-state index is 0.479. The summed E-state index contributed by atoms with van der Waals surface area (Å²) in [5, 5.41) is 40.3. The summed E-state index contributed by atoms with van der Waals surface area (Å²) in [7, 11) is 0. The van der Waals surface area contributed by atoms with Gasteiger partial charge in [0.25, 0.3) is 0 Å². The van der Waals surface area contributed by atoms with E-state index in [1.807, 2.05) is 18.2 Å². The Labute approximate surface area is 172 Å². The second kappa shape index (κ2) is 8.31. The molecule has 0 unspecified atom stereocenters. The van der Waals surface area contributed by atoms with Crippen LogP contribution >= 0.6 is 11.6 Å². The predicted octanol–water partition coefficient (Wildman–Crippen LogP) is 1.69. The molecule has 0 bridgehead atoms. The number of hydrogen-bond donors (Lipinski definition) is 4. The number of rotatable bonds is 4. The molecule has 4 N–H and O–H groups in total. The van der Waals surface area contributed by atoms with Crippen LogP contribution in [0.15, 0.2) is 48.9 Å². The van der Waals surface area contributed by atoms with E-state index in [-0.39, 0.29) is 0 Å². The molecular formula is C21H21ClO7. The van der Waals surface area contributed by atoms with Crippen molar-refractivity contribution in [3.8, 4) is 11.5 Å². The van der Waals surface area contributed by atoms with E-state index < -0.39 is 37.1 Å². The van der Waals surface area contributed by atoms with Crippen molar-refractivity contribution in [2.45, 2.75) is 36.9 Å². The van der Waals surface area contributed by atoms with E-state index in [1.165, 1.54) is 12.5 Å². The van der Waals surface area contributed by atoms with Crippen LogP contribution in [-0.4, -0.2) is 51.4 Å². The highest BCUT2D eigenvalue weighted by molar-refractivity contribution is 6.31. The summed E-state index contributed by atoms with van der Waals surface area (Å²) in [6, 6.07) is 10.7. The molecule has 0 amide bonds. The van der Waals surface area contributed by atoms with Crippen LogP contribution in [0.2, 0.25) is 5.02 Å². The van der Waals surface area contributed by atoms with Gasteiger partial charge in [-0.25, -0.2) is 0 Å². The summed E-state index contributed by atoms with van der Waals surface area (Å²) in [6.45, 7) is -0.479. The molecule has 0 spiro atoms. The maximum atomic E-state index is 10.4. The van der Waals surface area contributed by atoms with Crippen molar-refractivity contribution in [3.05, 3.63) is 70.6 Å². The van der Waals surface area contributed by atoms with E-state index in [0.29, 0.717) is 28.5 Å². The lowest BCUT2D eigenvalue weighted by Gasteiger charge is -2.40. The molecule has 0 aromatic heterocycles. The Bertz CT molecular complexity index is 914. The smallest absolute Gasteiger partial charge is 0.169 e. The van der Waals surface area contributed by atoms with Gasteiger partial charge < -0.3 is 34.6 Å². The number of benzene rings is 2. The first-order valence-electron chi connectivity index (χ1n) is 9.18. The summed E-state index contributed by atoms with van der Waals surface area (Å²) in [6.07, 6.45) is -2.65. The molecule has 8 heteroatoms. The summed E-state index contributed by atoms with van der Waals surface area (Å²) in [4.78, 5) is 0. The van der Waals surface area contributed by atoms with Crippen LogP contribution in [0.3, 0.4) is 0 Å². The minimum atomic E-state index is -1.43. The normalized spacial score (nSPS) is 28.4. The van der Waals surface area contributed by atoms with E-state index in [0.717, 1.165) is 11.1 Å². The predicted molar refractivity (Wildman–Crippen MR) is 104 cm³/mol. The van der Waals surface area contributed by atoms with Crippen molar-refractivity contribution >= 4 is 11.6 Å². The first-order valence-corrected chi connectivity index (χ1v) is 9.56. The average Bonchev–Trinajstić information content (AvgIpc) is 2.74. The number of fused-ring (bicyclic) bond motifs is 1. The molecule has 7 nitrogen and oxygen atoms in total. The Kier molecular flexibility index (Phi) is 5.78. The van der Waals surface area contributed by atoms with Gasteiger partial charge in [0.15, 0.2) is 11.5 Å². The molecule has 0 aliphatic carbocycles. The summed E-state index contributed by atoms with van der Waals surface area (Å²) >= 11 is 6.37. The van der Waals surface area contributed by atoms with Crippen LogP contribution in [0.5, 0.6) is 11.5 Å². The molecule has 2 heterocycles. The van der Waals surface area contributed by atoms with Gasteiger partial charge in [0.05, 0.1) is 6.61 Å². The topological polar surface area (TPSA) is 109 Å². The number of ether oxygens (including phenoxy) is 3. The maximum Gasteiger partial charge on any atom is 0.169 e. The molecule has 1 saturated heterocycles. The lowest BCUT2D eigenvalue weighted by atomic mass is 9.90. The number of aliphatic hydroxyl groups excluding tert-OH is 4. The molecule has 2 aromatic carbocycles. The summed E-state index contributed by atoms with van der Waals surface area (Å²) in [5.74, 6) is 1.23. The van der Waals surface area contributed by atoms with Crippen LogP contribution in [-0.2, 0) is 11.2 Å². The minimum Gasteiger partial charge on any atom is -0.458 e. The van der Waals surface area contributed by atoms with Gasteiger partial charge in [0, 0.05) is 5.02 Å². The fourth-order valence-electron chi connectivity index (χ4n) is 3.56. The van der Waals surface area contributed by atoms with Crippen LogP contribution in [0.4, 0.5) is 0 Å². The van der Waals surface area contributed by atoms with E-state index in [9.17, 15) is 20.4 Å². The van der Waals surface area contributed by atoms with Gasteiger partial charge in [-0.15, -0.1) is 0 Å². The first kappa shape index (κ1) is 20.2. The molecule has 2 aromatic rings. The highest BCUT2D eigenvalue weighted by Crippen LogP contribution is 2.36. The van der Waals surface area contributed by atoms with Gasteiger partial charge >= 0.3 is 0 Å². The Hall–Kier alpha value is -2.13. The monoisotopic (exact) mass is 420 g/mol. The van der Waals surface area contributed by atoms with Crippen molar-refractivity contribution in [3.63, 3.8) is 0 Å². The molecule has 0 radical (unpaired) electrons. The van der Waals surface area contributed by atoms with Crippen molar-refractivity contribution in [1.82, 2.24) is 0 Å². The third kappa shape index (κ3) is 3.98. The van der Waals surface area contributed by atoms with Gasteiger partial charge in [-0.2, -0.15) is 0 Å². The third-order valence-corrected chi connectivity index (χ3v) is 5.51. The zero-order chi connectivity index (χ0) is 20.5. The molecule has 4 rings (SSSR count). The zero-order valence-electron chi connectivity index (χ0n) is 15.3. The van der Waals surface area contributed by atoms with Gasteiger partial charge in [-0.1, -0.05) is 29.8 Å². The molecule has 2 aliphatic rings. The van der Waals surface area contributed by atoms with Crippen molar-refractivity contribution in [2.24, 2.45) is 0 Å². The number of hydrogen-bond acceptors (Lipinski definition) is 7. The van der Waals surface area contributed by atoms with Crippen LogP contribution in [0.25, 0.3) is 0 Å². The Morgan fingerprint density at radius 1 is 0.862 bits per heavy atom. The second-order valence-electron chi connectivity index (χ2n) is 7.07. The van der Waals surface area contributed by atoms with Crippen LogP contribution in [0, 0.1) is 0 Å². The molecule has 1 fully saturated rings. The zero-order valence-corrected chi connectivity index (χ0v) is 16.1. The Morgan fingerprint density at radius 2 is 1.62 bits per heavy atom. The van der Waals surface area contributed by atoms with Crippen LogP contribution < -0.4 is 9.47 Å². The lowest BCUT2D eigenvalue weighted by molar-refractivity contribution is -0.231. The highest BCUT2D eigenvalue weighted by Gasteiger charge is 2.44. The van der Waals surface area contributed by atoms with E-state index in [2.05, 4.69) is 0 Å². The largest absolute Gasteiger partial charge is 0.458 e. The third-order valence-electron chi connectivity index (χ3n) is 5.14. The standard InChI is InChI=1S/C21H21ClO7/c22-14-3-2-12(21-20(26)19(25)18(24)17(10-23)29-21)9-13(14)7-11-1-4-15-16(8-11)28-6-5-27-15/h1-6,8-9,17-21,23-26H,7,10H2/t17-,18-,19+,20-,21+/m1/s1. The molecule has 29 heavy (non-hydrogen) atoms. The van der Waals surface area contributed by atoms with Gasteiger partial charge in [-0.3, -0.25) is 0 Å². The van der Waals surface area contributed by atoms with Crippen molar-refractivity contribution < 1.29 is 34.6 Å². The molecule has 2 aliphatic heterocycles. The fourth-order valence-corrected chi connectivity index (χ4v) is 3.74. The highest BCUT2D eigenvalue weighted by atomic mass is 35.5. The first-order chi connectivity index (χ1) is 14.0. The van der Waals surface area contributed by atoms with Crippen molar-refractivity contribution in [1.29, 1.82) is 0 Å².